The molecular formula is C31H25F2N3O3. The van der Waals surface area contributed by atoms with Crippen LogP contribution in [0, 0.1) is 11.6 Å². The summed E-state index contributed by atoms with van der Waals surface area (Å²) in [7, 11) is 0. The molecule has 3 heterocycles. The third kappa shape index (κ3) is 5.90. The van der Waals surface area contributed by atoms with E-state index < -0.39 is 17.6 Å². The van der Waals surface area contributed by atoms with Crippen LogP contribution in [0.2, 0.25) is 0 Å². The van der Waals surface area contributed by atoms with Crippen molar-refractivity contribution < 1.29 is 18.4 Å². The Morgan fingerprint density at radius 1 is 0.974 bits per heavy atom. The molecule has 0 amide bonds. The van der Waals surface area contributed by atoms with Gasteiger partial charge < -0.3 is 9.55 Å². The predicted molar refractivity (Wildman–Crippen MR) is 145 cm³/mol. The van der Waals surface area contributed by atoms with Crippen LogP contribution in [0.4, 0.5) is 8.78 Å². The maximum absolute atomic E-state index is 14.1. The van der Waals surface area contributed by atoms with Gasteiger partial charge in [-0.2, -0.15) is 0 Å². The number of pyridine rings is 2. The van der Waals surface area contributed by atoms with Gasteiger partial charge in [-0.3, -0.25) is 19.4 Å². The lowest BCUT2D eigenvalue weighted by Crippen LogP contribution is -2.17. The SMILES string of the molecule is CC(=O)c1cccc(-c2cccnc2[C@@H](CC(=O)Cn2ccc3ccc(=O)[nH]c32)Cc2cc(F)cc(F)c2)c1. The van der Waals surface area contributed by atoms with Gasteiger partial charge in [-0.1, -0.05) is 24.3 Å². The molecule has 0 bridgehead atoms. The molecule has 1 atom stereocenters. The lowest BCUT2D eigenvalue weighted by atomic mass is 9.86. The fraction of sp³-hybridized carbons (Fsp3) is 0.161. The van der Waals surface area contributed by atoms with Crippen LogP contribution in [0.5, 0.6) is 0 Å². The smallest absolute Gasteiger partial charge is 0.249 e. The van der Waals surface area contributed by atoms with Gasteiger partial charge in [-0.05, 0) is 60.9 Å². The summed E-state index contributed by atoms with van der Waals surface area (Å²) < 4.78 is 29.8. The number of Topliss-reactive ketones (excluding diaryl/α,β-unsaturated/α-hetero) is 2. The van der Waals surface area contributed by atoms with E-state index in [1.165, 1.54) is 25.1 Å². The molecule has 1 N–H and O–H groups in total. The van der Waals surface area contributed by atoms with E-state index >= 15 is 0 Å². The summed E-state index contributed by atoms with van der Waals surface area (Å²) in [6, 6.07) is 19.0. The number of fused-ring (bicyclic) bond motifs is 1. The summed E-state index contributed by atoms with van der Waals surface area (Å²) in [4.78, 5) is 44.6. The molecule has 5 rings (SSSR count). The molecule has 0 saturated carbocycles. The standard InChI is InChI=1S/C31H25F2N3O3/c1-19(37)22-4-2-5-23(15-22)28-6-3-10-34-30(28)24(12-20-13-25(32)17-26(33)14-20)16-27(38)18-36-11-9-21-7-8-29(39)35-31(21)36/h2-11,13-15,17,24H,12,16,18H2,1H3,(H,35,39)/t24-/m1/s1. The number of aromatic amines is 1. The molecule has 196 valence electrons. The van der Waals surface area contributed by atoms with Crippen LogP contribution in [0.25, 0.3) is 22.2 Å². The van der Waals surface area contributed by atoms with Crippen molar-refractivity contribution in [2.24, 2.45) is 0 Å². The molecule has 0 saturated heterocycles. The molecule has 0 spiro atoms. The van der Waals surface area contributed by atoms with Gasteiger partial charge in [0, 0.05) is 53.4 Å². The van der Waals surface area contributed by atoms with Crippen LogP contribution in [0.1, 0.15) is 40.9 Å². The highest BCUT2D eigenvalue weighted by Crippen LogP contribution is 2.33. The first-order valence-electron chi connectivity index (χ1n) is 12.5. The van der Waals surface area contributed by atoms with Crippen LogP contribution in [-0.4, -0.2) is 26.1 Å². The third-order valence-corrected chi connectivity index (χ3v) is 6.68. The van der Waals surface area contributed by atoms with Crippen LogP contribution < -0.4 is 5.56 Å². The maximum atomic E-state index is 14.1. The number of ketones is 2. The van der Waals surface area contributed by atoms with E-state index in [9.17, 15) is 23.2 Å². The number of hydrogen-bond acceptors (Lipinski definition) is 4. The summed E-state index contributed by atoms with van der Waals surface area (Å²) in [6.07, 6.45) is 3.54. The van der Waals surface area contributed by atoms with Crippen molar-refractivity contribution in [2.75, 3.05) is 0 Å². The molecular weight excluding hydrogens is 500 g/mol. The molecule has 39 heavy (non-hydrogen) atoms. The largest absolute Gasteiger partial charge is 0.327 e. The second kappa shape index (κ2) is 10.9. The Morgan fingerprint density at radius 3 is 2.54 bits per heavy atom. The van der Waals surface area contributed by atoms with E-state index in [4.69, 9.17) is 0 Å². The Balaban J connectivity index is 1.52. The zero-order valence-electron chi connectivity index (χ0n) is 21.2. The van der Waals surface area contributed by atoms with Crippen LogP contribution >= 0.6 is 0 Å². The molecule has 0 aliphatic heterocycles. The number of hydrogen-bond donors (Lipinski definition) is 1. The number of aromatic nitrogens is 3. The average Bonchev–Trinajstić information content (AvgIpc) is 3.29. The summed E-state index contributed by atoms with van der Waals surface area (Å²) in [6.45, 7) is 1.49. The van der Waals surface area contributed by atoms with Crippen molar-refractivity contribution in [3.05, 3.63) is 124 Å². The fourth-order valence-corrected chi connectivity index (χ4v) is 4.92. The number of carbonyl (C=O) groups excluding carboxylic acids is 2. The van der Waals surface area contributed by atoms with Crippen molar-refractivity contribution in [1.29, 1.82) is 0 Å². The van der Waals surface area contributed by atoms with E-state index in [2.05, 4.69) is 9.97 Å². The minimum Gasteiger partial charge on any atom is -0.327 e. The lowest BCUT2D eigenvalue weighted by molar-refractivity contribution is -0.120. The van der Waals surface area contributed by atoms with Crippen molar-refractivity contribution >= 4 is 22.6 Å². The number of carbonyl (C=O) groups is 2. The van der Waals surface area contributed by atoms with E-state index in [1.807, 2.05) is 18.2 Å². The third-order valence-electron chi connectivity index (χ3n) is 6.68. The Hall–Kier alpha value is -4.72. The van der Waals surface area contributed by atoms with Crippen molar-refractivity contribution in [3.63, 3.8) is 0 Å². The molecule has 0 radical (unpaired) electrons. The van der Waals surface area contributed by atoms with E-state index in [0.717, 1.165) is 22.6 Å². The van der Waals surface area contributed by atoms with E-state index in [-0.39, 0.29) is 36.5 Å². The topological polar surface area (TPSA) is 84.8 Å². The second-order valence-corrected chi connectivity index (χ2v) is 9.56. The van der Waals surface area contributed by atoms with Gasteiger partial charge >= 0.3 is 0 Å². The van der Waals surface area contributed by atoms with Crippen LogP contribution in [0.3, 0.4) is 0 Å². The van der Waals surface area contributed by atoms with Gasteiger partial charge in [-0.15, -0.1) is 0 Å². The van der Waals surface area contributed by atoms with Gasteiger partial charge in [0.05, 0.1) is 12.2 Å². The number of benzene rings is 2. The monoisotopic (exact) mass is 525 g/mol. The first-order chi connectivity index (χ1) is 18.8. The summed E-state index contributed by atoms with van der Waals surface area (Å²) >= 11 is 0. The molecule has 0 aliphatic rings. The highest BCUT2D eigenvalue weighted by Gasteiger charge is 2.23. The normalized spacial score (nSPS) is 12.0. The Labute approximate surface area is 223 Å². The highest BCUT2D eigenvalue weighted by atomic mass is 19.1. The lowest BCUT2D eigenvalue weighted by Gasteiger charge is -2.20. The minimum absolute atomic E-state index is 0.000542. The summed E-state index contributed by atoms with van der Waals surface area (Å²) in [5, 5.41) is 0.798. The average molecular weight is 526 g/mol. The first-order valence-corrected chi connectivity index (χ1v) is 12.5. The Morgan fingerprint density at radius 2 is 1.77 bits per heavy atom. The molecule has 0 aliphatic carbocycles. The molecule has 8 heteroatoms. The number of halogens is 2. The minimum atomic E-state index is -0.701. The van der Waals surface area contributed by atoms with Gasteiger partial charge in [0.25, 0.3) is 0 Å². The van der Waals surface area contributed by atoms with Gasteiger partial charge in [0.1, 0.15) is 17.3 Å². The number of H-pyrrole nitrogens is 1. The van der Waals surface area contributed by atoms with Crippen molar-refractivity contribution in [1.82, 2.24) is 14.5 Å². The quantitative estimate of drug-likeness (QED) is 0.244. The molecule has 5 aromatic rings. The van der Waals surface area contributed by atoms with E-state index in [0.29, 0.717) is 22.5 Å². The van der Waals surface area contributed by atoms with Gasteiger partial charge in [-0.25, -0.2) is 8.78 Å². The number of nitrogens with one attached hydrogen (secondary N) is 1. The molecule has 6 nitrogen and oxygen atoms in total. The molecule has 3 aromatic heterocycles. The predicted octanol–water partition coefficient (Wildman–Crippen LogP) is 5.86. The zero-order valence-corrected chi connectivity index (χ0v) is 21.2. The van der Waals surface area contributed by atoms with Crippen molar-refractivity contribution in [3.8, 4) is 11.1 Å². The maximum Gasteiger partial charge on any atom is 0.249 e. The summed E-state index contributed by atoms with van der Waals surface area (Å²) in [5.41, 5.74) is 3.27. The van der Waals surface area contributed by atoms with E-state index in [1.54, 1.807) is 47.3 Å². The van der Waals surface area contributed by atoms with Gasteiger partial charge in [0.15, 0.2) is 11.6 Å². The second-order valence-electron chi connectivity index (χ2n) is 9.56. The number of nitrogens with zero attached hydrogens (tertiary/aromatic N) is 2. The Kier molecular flexibility index (Phi) is 7.27. The van der Waals surface area contributed by atoms with Gasteiger partial charge in [0.2, 0.25) is 5.56 Å². The first kappa shape index (κ1) is 25.9. The molecule has 2 aromatic carbocycles. The molecule has 0 fully saturated rings. The fourth-order valence-electron chi connectivity index (χ4n) is 4.92. The Bertz CT molecular complexity index is 1740. The highest BCUT2D eigenvalue weighted by molar-refractivity contribution is 5.95. The summed E-state index contributed by atoms with van der Waals surface area (Å²) in [5.74, 6) is -2.15. The van der Waals surface area contributed by atoms with Crippen LogP contribution in [-0.2, 0) is 17.8 Å². The zero-order chi connectivity index (χ0) is 27.5. The van der Waals surface area contributed by atoms with Crippen molar-refractivity contribution in [2.45, 2.75) is 32.2 Å². The molecule has 0 unspecified atom stereocenters. The number of rotatable bonds is 9. The van der Waals surface area contributed by atoms with Crippen LogP contribution in [0.15, 0.2) is 90.0 Å².